The first kappa shape index (κ1) is 16.9. The minimum absolute atomic E-state index is 0.0222. The molecule has 0 aliphatic heterocycles. The van der Waals surface area contributed by atoms with Gasteiger partial charge in [-0.25, -0.2) is 0 Å². The van der Waals surface area contributed by atoms with Gasteiger partial charge in [-0.3, -0.25) is 4.98 Å². The minimum Gasteiger partial charge on any atom is -0.493 e. The molecule has 2 rings (SSSR count). The molecule has 0 amide bonds. The van der Waals surface area contributed by atoms with Crippen molar-refractivity contribution in [3.63, 3.8) is 0 Å². The van der Waals surface area contributed by atoms with E-state index in [1.165, 1.54) is 0 Å². The van der Waals surface area contributed by atoms with Crippen molar-refractivity contribution < 1.29 is 9.47 Å². The van der Waals surface area contributed by atoms with Gasteiger partial charge < -0.3 is 9.47 Å². The smallest absolute Gasteiger partial charge is 0.180 e. The first-order chi connectivity index (χ1) is 11.0. The molecule has 0 bridgehead atoms. The van der Waals surface area contributed by atoms with Gasteiger partial charge in [0.2, 0.25) is 0 Å². The van der Waals surface area contributed by atoms with Crippen LogP contribution in [0.25, 0.3) is 11.6 Å². The molecule has 2 aromatic rings. The second-order valence-electron chi connectivity index (χ2n) is 5.09. The van der Waals surface area contributed by atoms with E-state index >= 15 is 0 Å². The number of ether oxygens (including phenoxy) is 2. The Kier molecular flexibility index (Phi) is 5.61. The molecule has 118 valence electrons. The zero-order chi connectivity index (χ0) is 16.8. The van der Waals surface area contributed by atoms with E-state index < -0.39 is 0 Å². The van der Waals surface area contributed by atoms with Gasteiger partial charge in [-0.05, 0) is 49.8 Å². The Hall–Kier alpha value is -2.51. The Morgan fingerprint density at radius 2 is 2.13 bits per heavy atom. The van der Waals surface area contributed by atoms with Crippen LogP contribution in [0.4, 0.5) is 0 Å². The number of nitriles is 1. The highest BCUT2D eigenvalue weighted by atomic mass is 35.5. The lowest BCUT2D eigenvalue weighted by molar-refractivity contribution is 0.230. The number of pyridine rings is 1. The Labute approximate surface area is 140 Å². The summed E-state index contributed by atoms with van der Waals surface area (Å²) in [6.45, 7) is 3.83. The number of benzene rings is 1. The third kappa shape index (κ3) is 4.24. The molecule has 5 heteroatoms. The lowest BCUT2D eigenvalue weighted by atomic mass is 10.1. The van der Waals surface area contributed by atoms with Crippen LogP contribution in [0, 0.1) is 11.3 Å². The third-order valence-electron chi connectivity index (χ3n) is 2.98. The quantitative estimate of drug-likeness (QED) is 0.753. The van der Waals surface area contributed by atoms with Gasteiger partial charge in [0.15, 0.2) is 11.5 Å². The van der Waals surface area contributed by atoms with Gasteiger partial charge in [-0.1, -0.05) is 17.7 Å². The SMILES string of the molecule is COc1cc(/C=C(\C#N)c2ccccn2)cc(Cl)c1OC(C)C. The summed E-state index contributed by atoms with van der Waals surface area (Å²) in [6.07, 6.45) is 3.34. The van der Waals surface area contributed by atoms with Crippen molar-refractivity contribution in [1.29, 1.82) is 5.26 Å². The van der Waals surface area contributed by atoms with Crippen LogP contribution in [-0.4, -0.2) is 18.2 Å². The molecular weight excluding hydrogens is 312 g/mol. The average molecular weight is 329 g/mol. The van der Waals surface area contributed by atoms with Crippen LogP contribution in [-0.2, 0) is 0 Å². The molecule has 23 heavy (non-hydrogen) atoms. The first-order valence-electron chi connectivity index (χ1n) is 7.12. The summed E-state index contributed by atoms with van der Waals surface area (Å²) in [5, 5.41) is 9.80. The second kappa shape index (κ2) is 7.66. The molecule has 0 saturated carbocycles. The number of aromatic nitrogens is 1. The fourth-order valence-electron chi connectivity index (χ4n) is 2.03. The van der Waals surface area contributed by atoms with Crippen molar-refractivity contribution in [2.75, 3.05) is 7.11 Å². The molecule has 0 unspecified atom stereocenters. The molecular formula is C18H17ClN2O2. The summed E-state index contributed by atoms with van der Waals surface area (Å²) < 4.78 is 11.0. The van der Waals surface area contributed by atoms with E-state index in [2.05, 4.69) is 11.1 Å². The summed E-state index contributed by atoms with van der Waals surface area (Å²) in [7, 11) is 1.55. The molecule has 0 radical (unpaired) electrons. The van der Waals surface area contributed by atoms with Crippen LogP contribution >= 0.6 is 11.6 Å². The summed E-state index contributed by atoms with van der Waals surface area (Å²) in [5.41, 5.74) is 1.79. The molecule has 0 atom stereocenters. The van der Waals surface area contributed by atoms with E-state index in [-0.39, 0.29) is 6.10 Å². The van der Waals surface area contributed by atoms with Gasteiger partial charge in [0.25, 0.3) is 0 Å². The number of hydrogen-bond donors (Lipinski definition) is 0. The molecule has 1 aromatic heterocycles. The topological polar surface area (TPSA) is 55.1 Å². The van der Waals surface area contributed by atoms with Crippen molar-refractivity contribution in [2.45, 2.75) is 20.0 Å². The molecule has 0 fully saturated rings. The predicted octanol–water partition coefficient (Wildman–Crippen LogP) is 4.59. The number of hydrogen-bond acceptors (Lipinski definition) is 4. The predicted molar refractivity (Wildman–Crippen MR) is 91.5 cm³/mol. The zero-order valence-corrected chi connectivity index (χ0v) is 14.0. The van der Waals surface area contributed by atoms with Crippen LogP contribution in [0.15, 0.2) is 36.5 Å². The largest absolute Gasteiger partial charge is 0.493 e. The summed E-state index contributed by atoms with van der Waals surface area (Å²) in [4.78, 5) is 4.19. The molecule has 0 aliphatic rings. The molecule has 0 saturated heterocycles. The summed E-state index contributed by atoms with van der Waals surface area (Å²) in [5.74, 6) is 1.02. The van der Waals surface area contributed by atoms with E-state index in [1.807, 2.05) is 19.9 Å². The Morgan fingerprint density at radius 3 is 2.70 bits per heavy atom. The molecule has 4 nitrogen and oxygen atoms in total. The van der Waals surface area contributed by atoms with Crippen molar-refractivity contribution in [2.24, 2.45) is 0 Å². The zero-order valence-electron chi connectivity index (χ0n) is 13.2. The second-order valence-corrected chi connectivity index (χ2v) is 5.49. The monoisotopic (exact) mass is 328 g/mol. The number of methoxy groups -OCH3 is 1. The molecule has 1 heterocycles. The van der Waals surface area contributed by atoms with Crippen molar-refractivity contribution in [3.05, 3.63) is 52.8 Å². The van der Waals surface area contributed by atoms with E-state index in [1.54, 1.807) is 43.6 Å². The Balaban J connectivity index is 2.46. The number of halogens is 1. The lowest BCUT2D eigenvalue weighted by Gasteiger charge is -2.15. The molecule has 0 N–H and O–H groups in total. The normalized spacial score (nSPS) is 11.2. The molecule has 1 aromatic carbocycles. The molecule has 0 aliphatic carbocycles. The Bertz CT molecular complexity index is 750. The summed E-state index contributed by atoms with van der Waals surface area (Å²) in [6, 6.07) is 11.1. The van der Waals surface area contributed by atoms with Crippen LogP contribution < -0.4 is 9.47 Å². The number of rotatable bonds is 5. The number of allylic oxidation sites excluding steroid dienone is 1. The maximum Gasteiger partial charge on any atom is 0.180 e. The maximum atomic E-state index is 9.36. The van der Waals surface area contributed by atoms with Crippen molar-refractivity contribution in [3.8, 4) is 17.6 Å². The number of nitrogens with zero attached hydrogens (tertiary/aromatic N) is 2. The van der Waals surface area contributed by atoms with Crippen LogP contribution in [0.1, 0.15) is 25.1 Å². The average Bonchev–Trinajstić information content (AvgIpc) is 2.55. The lowest BCUT2D eigenvalue weighted by Crippen LogP contribution is -2.07. The highest BCUT2D eigenvalue weighted by Crippen LogP contribution is 2.38. The van der Waals surface area contributed by atoms with E-state index in [0.29, 0.717) is 27.8 Å². The first-order valence-corrected chi connectivity index (χ1v) is 7.50. The van der Waals surface area contributed by atoms with E-state index in [0.717, 1.165) is 5.56 Å². The maximum absolute atomic E-state index is 9.36. The fourth-order valence-corrected chi connectivity index (χ4v) is 2.29. The van der Waals surface area contributed by atoms with E-state index in [9.17, 15) is 5.26 Å². The van der Waals surface area contributed by atoms with Gasteiger partial charge in [-0.15, -0.1) is 0 Å². The van der Waals surface area contributed by atoms with E-state index in [4.69, 9.17) is 21.1 Å². The minimum atomic E-state index is -0.0222. The highest BCUT2D eigenvalue weighted by Gasteiger charge is 2.13. The van der Waals surface area contributed by atoms with Gasteiger partial charge in [0.05, 0.1) is 29.5 Å². The summed E-state index contributed by atoms with van der Waals surface area (Å²) >= 11 is 6.30. The van der Waals surface area contributed by atoms with Gasteiger partial charge in [0, 0.05) is 6.20 Å². The van der Waals surface area contributed by atoms with Crippen LogP contribution in [0.2, 0.25) is 5.02 Å². The van der Waals surface area contributed by atoms with Crippen molar-refractivity contribution in [1.82, 2.24) is 4.98 Å². The van der Waals surface area contributed by atoms with Crippen LogP contribution in [0.5, 0.6) is 11.5 Å². The third-order valence-corrected chi connectivity index (χ3v) is 3.26. The highest BCUT2D eigenvalue weighted by molar-refractivity contribution is 6.32. The van der Waals surface area contributed by atoms with Crippen molar-refractivity contribution >= 4 is 23.3 Å². The van der Waals surface area contributed by atoms with Crippen LogP contribution in [0.3, 0.4) is 0 Å². The van der Waals surface area contributed by atoms with Gasteiger partial charge in [0.1, 0.15) is 6.07 Å². The van der Waals surface area contributed by atoms with Gasteiger partial charge >= 0.3 is 0 Å². The molecule has 0 spiro atoms. The van der Waals surface area contributed by atoms with Gasteiger partial charge in [-0.2, -0.15) is 5.26 Å². The fraction of sp³-hybridized carbons (Fsp3) is 0.222. The Morgan fingerprint density at radius 1 is 1.35 bits per heavy atom. The standard InChI is InChI=1S/C18H17ClN2O2/c1-12(2)23-18-15(19)9-13(10-17(18)22-3)8-14(11-20)16-6-4-5-7-21-16/h4-10,12H,1-3H3/b14-8+.